The molecule has 0 atom stereocenters. The van der Waals surface area contributed by atoms with Gasteiger partial charge in [-0.15, -0.1) is 0 Å². The third-order valence-electron chi connectivity index (χ3n) is 3.87. The largest absolute Gasteiger partial charge is 0.618 e. The van der Waals surface area contributed by atoms with Crippen molar-refractivity contribution in [1.29, 1.82) is 0 Å². The van der Waals surface area contributed by atoms with Crippen molar-refractivity contribution in [3.8, 4) is 0 Å². The number of nitrogens with zero attached hydrogens (tertiary/aromatic N) is 1. The van der Waals surface area contributed by atoms with Crippen LogP contribution in [0.25, 0.3) is 10.8 Å². The van der Waals surface area contributed by atoms with Crippen molar-refractivity contribution in [3.63, 3.8) is 0 Å². The molecule has 3 aromatic carbocycles. The summed E-state index contributed by atoms with van der Waals surface area (Å²) in [5.74, 6) is -0.260. The van der Waals surface area contributed by atoms with Crippen LogP contribution in [-0.2, 0) is 0 Å². The third-order valence-corrected chi connectivity index (χ3v) is 4.10. The molecule has 0 amide bonds. The summed E-state index contributed by atoms with van der Waals surface area (Å²) in [7, 11) is 0. The van der Waals surface area contributed by atoms with E-state index in [1.807, 2.05) is 30.3 Å². The lowest BCUT2D eigenvalue weighted by Crippen LogP contribution is -2.16. The Morgan fingerprint density at radius 1 is 0.955 bits per heavy atom. The van der Waals surface area contributed by atoms with Crippen molar-refractivity contribution in [3.05, 3.63) is 82.0 Å². The number of hydrogen-bond donors (Lipinski definition) is 0. The molecule has 1 aliphatic rings. The molecule has 0 saturated carbocycles. The van der Waals surface area contributed by atoms with Gasteiger partial charge in [-0.05, 0) is 35.0 Å². The molecule has 0 radical (unpaired) electrons. The van der Waals surface area contributed by atoms with Crippen LogP contribution in [0.3, 0.4) is 0 Å². The highest BCUT2D eigenvalue weighted by atomic mass is 35.5. The molecule has 4 rings (SSSR count). The zero-order valence-corrected chi connectivity index (χ0v) is 12.2. The van der Waals surface area contributed by atoms with Crippen molar-refractivity contribution in [2.24, 2.45) is 0 Å². The standard InChI is InChI=1S/C18H10ClNO2/c19-13-6-3-5-12(10-13)17-18(21)16-14-7-2-1-4-11(14)8-9-15(16)20(17)22/h1-10H. The van der Waals surface area contributed by atoms with Gasteiger partial charge in [0, 0.05) is 11.1 Å². The number of hydrogen-bond acceptors (Lipinski definition) is 2. The summed E-state index contributed by atoms with van der Waals surface area (Å²) >= 11 is 5.98. The average Bonchev–Trinajstić information content (AvgIpc) is 2.79. The van der Waals surface area contributed by atoms with E-state index in [9.17, 15) is 10.0 Å². The van der Waals surface area contributed by atoms with Crippen LogP contribution in [0.2, 0.25) is 5.02 Å². The topological polar surface area (TPSA) is 43.1 Å². The lowest BCUT2D eigenvalue weighted by molar-refractivity contribution is -0.355. The van der Waals surface area contributed by atoms with Gasteiger partial charge in [-0.25, -0.2) is 0 Å². The molecule has 1 aliphatic heterocycles. The highest BCUT2D eigenvalue weighted by molar-refractivity contribution is 6.54. The normalized spacial score (nSPS) is 13.8. The SMILES string of the molecule is O=C1C(c2cccc(Cl)c2)=[N+]([O-])c2ccc3ccccc3c21. The maximum Gasteiger partial charge on any atom is 0.273 e. The number of Topliss-reactive ketones (excluding diaryl/α,β-unsaturated/α-hetero) is 1. The van der Waals surface area contributed by atoms with Gasteiger partial charge >= 0.3 is 0 Å². The number of carbonyl (C=O) groups is 1. The van der Waals surface area contributed by atoms with E-state index in [0.717, 1.165) is 10.8 Å². The first kappa shape index (κ1) is 13.0. The third kappa shape index (κ3) is 1.76. The van der Waals surface area contributed by atoms with Crippen molar-refractivity contribution >= 4 is 39.6 Å². The highest BCUT2D eigenvalue weighted by Gasteiger charge is 2.37. The first-order valence-corrected chi connectivity index (χ1v) is 7.21. The number of fused-ring (bicyclic) bond motifs is 3. The Morgan fingerprint density at radius 2 is 1.77 bits per heavy atom. The molecule has 0 unspecified atom stereocenters. The summed E-state index contributed by atoms with van der Waals surface area (Å²) in [6.07, 6.45) is 0. The molecular weight excluding hydrogens is 298 g/mol. The van der Waals surface area contributed by atoms with E-state index in [2.05, 4.69) is 0 Å². The summed E-state index contributed by atoms with van der Waals surface area (Å²) < 4.78 is 0.704. The minimum atomic E-state index is -0.260. The second-order valence-corrected chi connectivity index (χ2v) is 5.60. The Labute approximate surface area is 131 Å². The van der Waals surface area contributed by atoms with Crippen LogP contribution in [0, 0.1) is 5.21 Å². The number of benzene rings is 3. The summed E-state index contributed by atoms with van der Waals surface area (Å²) in [5.41, 5.74) is 1.50. The van der Waals surface area contributed by atoms with Crippen molar-refractivity contribution in [2.75, 3.05) is 0 Å². The Kier molecular flexibility index (Phi) is 2.78. The molecule has 4 heteroatoms. The molecule has 0 N–H and O–H groups in total. The maximum absolute atomic E-state index is 12.8. The molecule has 3 aromatic rings. The van der Waals surface area contributed by atoms with Crippen molar-refractivity contribution in [1.82, 2.24) is 0 Å². The number of rotatable bonds is 1. The van der Waals surface area contributed by atoms with Crippen LogP contribution in [-0.4, -0.2) is 16.2 Å². The monoisotopic (exact) mass is 307 g/mol. The Bertz CT molecular complexity index is 976. The molecule has 0 aromatic heterocycles. The first-order valence-electron chi connectivity index (χ1n) is 6.83. The quantitative estimate of drug-likeness (QED) is 0.496. The fourth-order valence-electron chi connectivity index (χ4n) is 2.88. The van der Waals surface area contributed by atoms with Crippen LogP contribution in [0.5, 0.6) is 0 Å². The summed E-state index contributed by atoms with van der Waals surface area (Å²) in [4.78, 5) is 12.8. The number of carbonyl (C=O) groups excluding carboxylic acids is 1. The van der Waals surface area contributed by atoms with Crippen LogP contribution in [0.15, 0.2) is 60.7 Å². The van der Waals surface area contributed by atoms with Gasteiger partial charge in [0.1, 0.15) is 5.56 Å². The van der Waals surface area contributed by atoms with Gasteiger partial charge in [0.2, 0.25) is 5.69 Å². The highest BCUT2D eigenvalue weighted by Crippen LogP contribution is 2.34. The van der Waals surface area contributed by atoms with E-state index < -0.39 is 0 Å². The predicted octanol–water partition coefficient (Wildman–Crippen LogP) is 4.32. The molecule has 106 valence electrons. The number of ketones is 1. The van der Waals surface area contributed by atoms with E-state index >= 15 is 0 Å². The van der Waals surface area contributed by atoms with Crippen molar-refractivity contribution < 1.29 is 9.53 Å². The van der Waals surface area contributed by atoms with Gasteiger partial charge in [0.15, 0.2) is 0 Å². The second kappa shape index (κ2) is 4.68. The summed E-state index contributed by atoms with van der Waals surface area (Å²) in [6, 6.07) is 17.9. The van der Waals surface area contributed by atoms with Gasteiger partial charge in [-0.3, -0.25) is 4.79 Å². The van der Waals surface area contributed by atoms with E-state index in [1.165, 1.54) is 0 Å². The molecular formula is C18H10ClNO2. The summed E-state index contributed by atoms with van der Waals surface area (Å²) in [5, 5.41) is 14.8. The molecule has 1 heterocycles. The van der Waals surface area contributed by atoms with Crippen molar-refractivity contribution in [2.45, 2.75) is 0 Å². The summed E-state index contributed by atoms with van der Waals surface area (Å²) in [6.45, 7) is 0. The van der Waals surface area contributed by atoms with E-state index in [1.54, 1.807) is 30.3 Å². The van der Waals surface area contributed by atoms with E-state index in [-0.39, 0.29) is 11.5 Å². The van der Waals surface area contributed by atoms with Gasteiger partial charge < -0.3 is 5.21 Å². The first-order chi connectivity index (χ1) is 10.7. The zero-order chi connectivity index (χ0) is 15.3. The van der Waals surface area contributed by atoms with Crippen LogP contribution in [0.4, 0.5) is 5.69 Å². The van der Waals surface area contributed by atoms with Crippen LogP contribution < -0.4 is 0 Å². The molecule has 22 heavy (non-hydrogen) atoms. The molecule has 0 aliphatic carbocycles. The van der Waals surface area contributed by atoms with Gasteiger partial charge in [0.25, 0.3) is 11.5 Å². The Hall–Kier alpha value is -2.65. The number of halogens is 1. The van der Waals surface area contributed by atoms with Gasteiger partial charge in [-0.1, -0.05) is 41.9 Å². The smallest absolute Gasteiger partial charge is 0.273 e. The lowest BCUT2D eigenvalue weighted by atomic mass is 9.97. The minimum Gasteiger partial charge on any atom is -0.618 e. The lowest BCUT2D eigenvalue weighted by Gasteiger charge is -2.03. The van der Waals surface area contributed by atoms with Gasteiger partial charge in [-0.2, -0.15) is 4.74 Å². The molecule has 0 saturated heterocycles. The predicted molar refractivity (Wildman–Crippen MR) is 87.1 cm³/mol. The fraction of sp³-hybridized carbons (Fsp3) is 0. The van der Waals surface area contributed by atoms with Crippen LogP contribution >= 0.6 is 11.6 Å². The minimum absolute atomic E-state index is 0.119. The molecule has 0 fully saturated rings. The maximum atomic E-state index is 12.8. The molecule has 3 nitrogen and oxygen atoms in total. The fourth-order valence-corrected chi connectivity index (χ4v) is 3.07. The van der Waals surface area contributed by atoms with E-state index in [4.69, 9.17) is 11.6 Å². The molecule has 0 bridgehead atoms. The van der Waals surface area contributed by atoms with Gasteiger partial charge in [0.05, 0.1) is 5.56 Å². The van der Waals surface area contributed by atoms with Crippen LogP contribution in [0.1, 0.15) is 15.9 Å². The zero-order valence-electron chi connectivity index (χ0n) is 11.4. The Balaban J connectivity index is 1.99. The second-order valence-electron chi connectivity index (χ2n) is 5.16. The van der Waals surface area contributed by atoms with E-state index in [0.29, 0.717) is 26.6 Å². The average molecular weight is 308 g/mol. The molecule has 0 spiro atoms. The Morgan fingerprint density at radius 3 is 2.59 bits per heavy atom.